The van der Waals surface area contributed by atoms with E-state index in [1.165, 1.54) is 19.3 Å². The van der Waals surface area contributed by atoms with Gasteiger partial charge in [-0.1, -0.05) is 61.7 Å². The minimum absolute atomic E-state index is 0.0999. The first kappa shape index (κ1) is 14.6. The fraction of sp³-hybridized carbons (Fsp3) is 0.316. The fourth-order valence-electron chi connectivity index (χ4n) is 3.01. The van der Waals surface area contributed by atoms with Crippen molar-refractivity contribution in [2.45, 2.75) is 38.1 Å². The van der Waals surface area contributed by atoms with Gasteiger partial charge in [0, 0.05) is 11.7 Å². The van der Waals surface area contributed by atoms with Crippen molar-refractivity contribution in [2.24, 2.45) is 0 Å². The average Bonchev–Trinajstić information content (AvgIpc) is 2.57. The number of urea groups is 1. The van der Waals surface area contributed by atoms with Crippen LogP contribution in [0.4, 0.5) is 10.5 Å². The molecule has 1 aliphatic carbocycles. The Morgan fingerprint density at radius 3 is 2.36 bits per heavy atom. The molecular weight excluding hydrogens is 272 g/mol. The number of rotatable bonds is 3. The first-order valence-corrected chi connectivity index (χ1v) is 8.04. The minimum atomic E-state index is -0.0999. The molecule has 1 fully saturated rings. The van der Waals surface area contributed by atoms with Gasteiger partial charge in [0.2, 0.25) is 0 Å². The van der Waals surface area contributed by atoms with Crippen LogP contribution in [0.25, 0.3) is 11.1 Å². The maximum atomic E-state index is 12.1. The third kappa shape index (κ3) is 3.88. The molecule has 2 N–H and O–H groups in total. The van der Waals surface area contributed by atoms with E-state index < -0.39 is 0 Å². The average molecular weight is 294 g/mol. The predicted molar refractivity (Wildman–Crippen MR) is 90.9 cm³/mol. The van der Waals surface area contributed by atoms with Gasteiger partial charge in [-0.05, 0) is 36.1 Å². The second-order valence-corrected chi connectivity index (χ2v) is 5.88. The summed E-state index contributed by atoms with van der Waals surface area (Å²) in [5.41, 5.74) is 3.09. The van der Waals surface area contributed by atoms with Gasteiger partial charge in [0.15, 0.2) is 0 Å². The van der Waals surface area contributed by atoms with E-state index in [9.17, 15) is 4.79 Å². The monoisotopic (exact) mass is 294 g/mol. The molecule has 2 aromatic carbocycles. The number of amides is 2. The summed E-state index contributed by atoms with van der Waals surface area (Å²) in [4.78, 5) is 12.1. The molecule has 0 radical (unpaired) electrons. The molecule has 0 saturated heterocycles. The zero-order chi connectivity index (χ0) is 15.2. The number of carbonyl (C=O) groups is 1. The van der Waals surface area contributed by atoms with Gasteiger partial charge in [0.05, 0.1) is 0 Å². The van der Waals surface area contributed by atoms with E-state index in [1.807, 2.05) is 36.4 Å². The lowest BCUT2D eigenvalue weighted by molar-refractivity contribution is 0.244. The Balaban J connectivity index is 1.64. The van der Waals surface area contributed by atoms with Crippen LogP contribution in [0, 0.1) is 0 Å². The van der Waals surface area contributed by atoms with Crippen molar-refractivity contribution in [1.82, 2.24) is 5.32 Å². The minimum Gasteiger partial charge on any atom is -0.335 e. The first-order valence-electron chi connectivity index (χ1n) is 8.04. The quantitative estimate of drug-likeness (QED) is 0.838. The summed E-state index contributed by atoms with van der Waals surface area (Å²) in [5.74, 6) is 0. The predicted octanol–water partition coefficient (Wildman–Crippen LogP) is 4.81. The molecule has 0 atom stereocenters. The second-order valence-electron chi connectivity index (χ2n) is 5.88. The maximum absolute atomic E-state index is 12.1. The van der Waals surface area contributed by atoms with Gasteiger partial charge in [-0.25, -0.2) is 4.79 Å². The lowest BCUT2D eigenvalue weighted by atomic mass is 9.96. The Hall–Kier alpha value is -2.29. The van der Waals surface area contributed by atoms with Crippen LogP contribution in [0.5, 0.6) is 0 Å². The van der Waals surface area contributed by atoms with Crippen molar-refractivity contribution in [3.05, 3.63) is 54.6 Å². The number of benzene rings is 2. The zero-order valence-electron chi connectivity index (χ0n) is 12.7. The van der Waals surface area contributed by atoms with E-state index in [4.69, 9.17) is 0 Å². The van der Waals surface area contributed by atoms with Gasteiger partial charge < -0.3 is 10.6 Å². The highest BCUT2D eigenvalue weighted by Gasteiger charge is 2.15. The van der Waals surface area contributed by atoms with Gasteiger partial charge >= 0.3 is 6.03 Å². The molecule has 0 heterocycles. The van der Waals surface area contributed by atoms with Crippen molar-refractivity contribution in [3.63, 3.8) is 0 Å². The van der Waals surface area contributed by atoms with Crippen LogP contribution >= 0.6 is 0 Å². The van der Waals surface area contributed by atoms with Crippen molar-refractivity contribution < 1.29 is 4.79 Å². The summed E-state index contributed by atoms with van der Waals surface area (Å²) in [7, 11) is 0. The van der Waals surface area contributed by atoms with E-state index in [-0.39, 0.29) is 6.03 Å². The fourth-order valence-corrected chi connectivity index (χ4v) is 3.01. The number of anilines is 1. The molecule has 2 amide bonds. The molecule has 114 valence electrons. The van der Waals surface area contributed by atoms with E-state index in [0.717, 1.165) is 29.7 Å². The van der Waals surface area contributed by atoms with Gasteiger partial charge in [0.1, 0.15) is 0 Å². The van der Waals surface area contributed by atoms with Crippen molar-refractivity contribution >= 4 is 11.7 Å². The number of nitrogens with one attached hydrogen (secondary N) is 2. The highest BCUT2D eigenvalue weighted by atomic mass is 16.2. The molecule has 0 aromatic heterocycles. The summed E-state index contributed by atoms with van der Waals surface area (Å²) in [6, 6.07) is 18.4. The van der Waals surface area contributed by atoms with Gasteiger partial charge in [0.25, 0.3) is 0 Å². The Bertz CT molecular complexity index is 618. The van der Waals surface area contributed by atoms with Crippen molar-refractivity contribution in [1.29, 1.82) is 0 Å². The second kappa shape index (κ2) is 7.12. The van der Waals surface area contributed by atoms with Crippen LogP contribution in [0.2, 0.25) is 0 Å². The first-order chi connectivity index (χ1) is 10.8. The van der Waals surface area contributed by atoms with Gasteiger partial charge in [-0.15, -0.1) is 0 Å². The number of carbonyl (C=O) groups excluding carboxylic acids is 1. The van der Waals surface area contributed by atoms with Crippen LogP contribution in [0.3, 0.4) is 0 Å². The highest BCUT2D eigenvalue weighted by Crippen LogP contribution is 2.22. The van der Waals surface area contributed by atoms with Gasteiger partial charge in [-0.3, -0.25) is 0 Å². The summed E-state index contributed by atoms with van der Waals surface area (Å²) in [6.07, 6.45) is 5.91. The van der Waals surface area contributed by atoms with Crippen molar-refractivity contribution in [2.75, 3.05) is 5.32 Å². The third-order valence-corrected chi connectivity index (χ3v) is 4.17. The Morgan fingerprint density at radius 1 is 0.864 bits per heavy atom. The maximum Gasteiger partial charge on any atom is 0.319 e. The van der Waals surface area contributed by atoms with Crippen LogP contribution in [-0.2, 0) is 0 Å². The van der Waals surface area contributed by atoms with Crippen molar-refractivity contribution in [3.8, 4) is 11.1 Å². The molecule has 0 spiro atoms. The Labute approximate surface area is 131 Å². The molecule has 22 heavy (non-hydrogen) atoms. The standard InChI is InChI=1S/C19H22N2O/c22-19(20-17-11-5-2-6-12-17)21-18-13-7-10-16(14-18)15-8-3-1-4-9-15/h1,3-4,7-10,13-14,17H,2,5-6,11-12H2,(H2,20,21,22). The SMILES string of the molecule is O=C(Nc1cccc(-c2ccccc2)c1)NC1CCCCC1. The van der Waals surface area contributed by atoms with E-state index >= 15 is 0 Å². The highest BCUT2D eigenvalue weighted by molar-refractivity contribution is 5.90. The molecule has 0 bridgehead atoms. The van der Waals surface area contributed by atoms with Crippen LogP contribution in [0.15, 0.2) is 54.6 Å². The largest absolute Gasteiger partial charge is 0.335 e. The Kier molecular flexibility index (Phi) is 4.74. The molecule has 0 unspecified atom stereocenters. The summed E-state index contributed by atoms with van der Waals surface area (Å²) in [6.45, 7) is 0. The Morgan fingerprint density at radius 2 is 1.59 bits per heavy atom. The zero-order valence-corrected chi connectivity index (χ0v) is 12.7. The van der Waals surface area contributed by atoms with Crippen LogP contribution in [-0.4, -0.2) is 12.1 Å². The molecule has 3 nitrogen and oxygen atoms in total. The molecule has 1 aliphatic rings. The molecule has 3 heteroatoms. The van der Waals surface area contributed by atoms with Crippen LogP contribution in [0.1, 0.15) is 32.1 Å². The molecule has 2 aromatic rings. The summed E-state index contributed by atoms with van der Waals surface area (Å²) >= 11 is 0. The van der Waals surface area contributed by atoms with E-state index in [0.29, 0.717) is 6.04 Å². The normalized spacial score (nSPS) is 15.3. The van der Waals surface area contributed by atoms with E-state index in [1.54, 1.807) is 0 Å². The van der Waals surface area contributed by atoms with Crippen LogP contribution < -0.4 is 10.6 Å². The summed E-state index contributed by atoms with van der Waals surface area (Å²) < 4.78 is 0. The third-order valence-electron chi connectivity index (χ3n) is 4.17. The smallest absolute Gasteiger partial charge is 0.319 e. The summed E-state index contributed by atoms with van der Waals surface area (Å²) in [5, 5.41) is 6.03. The molecule has 3 rings (SSSR count). The topological polar surface area (TPSA) is 41.1 Å². The van der Waals surface area contributed by atoms with Gasteiger partial charge in [-0.2, -0.15) is 0 Å². The molecule has 0 aliphatic heterocycles. The lowest BCUT2D eigenvalue weighted by Crippen LogP contribution is -2.39. The number of hydrogen-bond acceptors (Lipinski definition) is 1. The lowest BCUT2D eigenvalue weighted by Gasteiger charge is -2.22. The number of hydrogen-bond donors (Lipinski definition) is 2. The molecule has 1 saturated carbocycles. The van der Waals surface area contributed by atoms with E-state index in [2.05, 4.69) is 28.8 Å². The molecular formula is C19H22N2O.